The number of aromatic nitrogens is 4. The lowest BCUT2D eigenvalue weighted by Gasteiger charge is -2.30. The Morgan fingerprint density at radius 2 is 1.81 bits per heavy atom. The van der Waals surface area contributed by atoms with Crippen LogP contribution in [-0.2, 0) is 7.05 Å². The topological polar surface area (TPSA) is 89.9 Å². The minimum Gasteiger partial charge on any atom is -0.382 e. The van der Waals surface area contributed by atoms with Crippen molar-refractivity contribution in [2.45, 2.75) is 24.9 Å². The van der Waals surface area contributed by atoms with E-state index < -0.39 is 17.2 Å². The van der Waals surface area contributed by atoms with Crippen LogP contribution in [0.25, 0.3) is 22.6 Å². The van der Waals surface area contributed by atoms with Crippen molar-refractivity contribution < 1.29 is 13.9 Å². The van der Waals surface area contributed by atoms with Crippen molar-refractivity contribution >= 4 is 29.4 Å². The summed E-state index contributed by atoms with van der Waals surface area (Å²) in [6.07, 6.45) is 2.18. The Morgan fingerprint density at radius 1 is 1.15 bits per heavy atom. The van der Waals surface area contributed by atoms with Crippen LogP contribution in [0, 0.1) is 23.5 Å². The van der Waals surface area contributed by atoms with Gasteiger partial charge in [0, 0.05) is 18.7 Å². The summed E-state index contributed by atoms with van der Waals surface area (Å²) in [5.74, 6) is 4.70. The molecule has 1 aliphatic carbocycles. The largest absolute Gasteiger partial charge is 0.382 e. The van der Waals surface area contributed by atoms with Crippen LogP contribution in [0.4, 0.5) is 14.6 Å². The third-order valence-corrected chi connectivity index (χ3v) is 4.45. The normalized spacial score (nSPS) is 14.8. The predicted molar refractivity (Wildman–Crippen MR) is 99.0 cm³/mol. The fourth-order valence-electron chi connectivity index (χ4n) is 2.89. The molecule has 0 atom stereocenters. The van der Waals surface area contributed by atoms with Gasteiger partial charge in [-0.15, -0.1) is 12.4 Å². The molecule has 140 valence electrons. The summed E-state index contributed by atoms with van der Waals surface area (Å²) in [6, 6.07) is 3.15. The van der Waals surface area contributed by atoms with Gasteiger partial charge < -0.3 is 15.4 Å². The molecule has 2 aromatic heterocycles. The molecule has 0 unspecified atom stereocenters. The zero-order valence-electron chi connectivity index (χ0n) is 14.3. The maximum absolute atomic E-state index is 13.5. The Kier molecular flexibility index (Phi) is 4.76. The zero-order chi connectivity index (χ0) is 18.5. The molecule has 1 saturated carbocycles. The quantitative estimate of drug-likeness (QED) is 0.622. The summed E-state index contributed by atoms with van der Waals surface area (Å²) in [5, 5.41) is 10.1. The van der Waals surface area contributed by atoms with Gasteiger partial charge in [-0.2, -0.15) is 0 Å². The van der Waals surface area contributed by atoms with Crippen LogP contribution in [0.2, 0.25) is 0 Å². The number of imidazole rings is 1. The minimum absolute atomic E-state index is 0. The Balaban J connectivity index is 0.00000210. The second-order valence-electron chi connectivity index (χ2n) is 6.39. The van der Waals surface area contributed by atoms with Crippen LogP contribution in [0.3, 0.4) is 0 Å². The Labute approximate surface area is 159 Å². The van der Waals surface area contributed by atoms with Gasteiger partial charge in [-0.1, -0.05) is 5.92 Å². The van der Waals surface area contributed by atoms with Gasteiger partial charge in [-0.3, -0.25) is 0 Å². The van der Waals surface area contributed by atoms with Gasteiger partial charge in [0.15, 0.2) is 17.0 Å². The van der Waals surface area contributed by atoms with Crippen LogP contribution in [0.15, 0.2) is 18.2 Å². The monoisotopic (exact) mass is 391 g/mol. The SMILES string of the molecule is Cl.Cn1c(-c2cc(F)cc(F)c2)nc2c(N)nc(C#CC3(O)CCC3)nc21. The second kappa shape index (κ2) is 6.76. The molecule has 1 aromatic carbocycles. The first-order valence-corrected chi connectivity index (χ1v) is 8.07. The van der Waals surface area contributed by atoms with Crippen LogP contribution in [0.5, 0.6) is 0 Å². The Hall–Kier alpha value is -2.76. The van der Waals surface area contributed by atoms with Crippen molar-refractivity contribution in [1.29, 1.82) is 0 Å². The van der Waals surface area contributed by atoms with E-state index in [1.807, 2.05) is 0 Å². The molecule has 27 heavy (non-hydrogen) atoms. The van der Waals surface area contributed by atoms with Crippen LogP contribution >= 0.6 is 12.4 Å². The summed E-state index contributed by atoms with van der Waals surface area (Å²) < 4.78 is 28.6. The molecule has 4 rings (SSSR count). The van der Waals surface area contributed by atoms with Gasteiger partial charge in [0.25, 0.3) is 0 Å². The molecule has 1 fully saturated rings. The number of anilines is 1. The van der Waals surface area contributed by atoms with Gasteiger partial charge in [0.2, 0.25) is 5.82 Å². The third-order valence-electron chi connectivity index (χ3n) is 4.45. The number of aliphatic hydroxyl groups is 1. The molecule has 6 nitrogen and oxygen atoms in total. The van der Waals surface area contributed by atoms with E-state index in [2.05, 4.69) is 26.8 Å². The number of aryl methyl sites for hydroxylation is 1. The van der Waals surface area contributed by atoms with E-state index in [4.69, 9.17) is 5.73 Å². The first-order valence-electron chi connectivity index (χ1n) is 8.07. The maximum atomic E-state index is 13.5. The second-order valence-corrected chi connectivity index (χ2v) is 6.39. The number of hydrogen-bond donors (Lipinski definition) is 2. The molecule has 0 aliphatic heterocycles. The predicted octanol–water partition coefficient (Wildman–Crippen LogP) is 2.58. The molecule has 0 bridgehead atoms. The zero-order valence-corrected chi connectivity index (χ0v) is 15.1. The molecule has 0 radical (unpaired) electrons. The minimum atomic E-state index is -0.982. The molecule has 0 saturated heterocycles. The van der Waals surface area contributed by atoms with E-state index in [-0.39, 0.29) is 29.6 Å². The molecular weight excluding hydrogens is 376 g/mol. The summed E-state index contributed by atoms with van der Waals surface area (Å²) >= 11 is 0. The van der Waals surface area contributed by atoms with Crippen molar-refractivity contribution in [2.75, 3.05) is 5.73 Å². The maximum Gasteiger partial charge on any atom is 0.209 e. The smallest absolute Gasteiger partial charge is 0.209 e. The van der Waals surface area contributed by atoms with Gasteiger partial charge in [0.1, 0.15) is 23.1 Å². The number of benzene rings is 1. The summed E-state index contributed by atoms with van der Waals surface area (Å²) in [6.45, 7) is 0. The van der Waals surface area contributed by atoms with Crippen molar-refractivity contribution in [2.24, 2.45) is 7.05 Å². The van der Waals surface area contributed by atoms with E-state index in [1.165, 1.54) is 12.1 Å². The molecule has 3 aromatic rings. The number of nitrogen functional groups attached to an aromatic ring is 1. The first kappa shape index (κ1) is 19.0. The highest BCUT2D eigenvalue weighted by atomic mass is 35.5. The average Bonchev–Trinajstić information content (AvgIpc) is 2.88. The van der Waals surface area contributed by atoms with E-state index in [0.717, 1.165) is 12.5 Å². The van der Waals surface area contributed by atoms with Crippen molar-refractivity contribution in [3.05, 3.63) is 35.7 Å². The lowest BCUT2D eigenvalue weighted by Crippen LogP contribution is -2.34. The van der Waals surface area contributed by atoms with Crippen molar-refractivity contribution in [3.8, 4) is 23.2 Å². The van der Waals surface area contributed by atoms with Crippen LogP contribution in [0.1, 0.15) is 25.1 Å². The number of nitrogens with two attached hydrogens (primary N) is 1. The fraction of sp³-hybridized carbons (Fsp3) is 0.278. The highest BCUT2D eigenvalue weighted by molar-refractivity contribution is 5.86. The highest BCUT2D eigenvalue weighted by Gasteiger charge is 2.32. The number of hydrogen-bond acceptors (Lipinski definition) is 5. The summed E-state index contributed by atoms with van der Waals surface area (Å²) in [4.78, 5) is 12.8. The molecule has 0 amide bonds. The summed E-state index contributed by atoms with van der Waals surface area (Å²) in [5.41, 5.74) is 5.95. The van der Waals surface area contributed by atoms with Gasteiger partial charge in [-0.25, -0.2) is 23.7 Å². The number of fused-ring (bicyclic) bond motifs is 1. The highest BCUT2D eigenvalue weighted by Crippen LogP contribution is 2.31. The Bertz CT molecular complexity index is 1080. The summed E-state index contributed by atoms with van der Waals surface area (Å²) in [7, 11) is 1.66. The average molecular weight is 392 g/mol. The van der Waals surface area contributed by atoms with Crippen LogP contribution in [-0.4, -0.2) is 30.2 Å². The first-order chi connectivity index (χ1) is 12.3. The Morgan fingerprint density at radius 3 is 2.41 bits per heavy atom. The van der Waals surface area contributed by atoms with Gasteiger partial charge >= 0.3 is 0 Å². The lowest BCUT2D eigenvalue weighted by atomic mass is 9.81. The van der Waals surface area contributed by atoms with E-state index in [1.54, 1.807) is 11.6 Å². The molecule has 2 heterocycles. The lowest BCUT2D eigenvalue weighted by molar-refractivity contribution is 0.0239. The van der Waals surface area contributed by atoms with Gasteiger partial charge in [0.05, 0.1) is 0 Å². The molecule has 9 heteroatoms. The molecular formula is C18H16ClF2N5O. The van der Waals surface area contributed by atoms with E-state index in [9.17, 15) is 13.9 Å². The van der Waals surface area contributed by atoms with E-state index in [0.29, 0.717) is 29.8 Å². The number of nitrogens with zero attached hydrogens (tertiary/aromatic N) is 4. The molecule has 3 N–H and O–H groups in total. The standard InChI is InChI=1S/C18H15F2N5O.ClH/c1-25-16(10-7-11(19)9-12(20)8-10)24-14-15(21)22-13(23-17(14)25)3-6-18(26)4-2-5-18;/h7-9,26H,2,4-5H2,1H3,(H2,21,22,23);1H. The van der Waals surface area contributed by atoms with Crippen LogP contribution < -0.4 is 5.73 Å². The van der Waals surface area contributed by atoms with Crippen molar-refractivity contribution in [1.82, 2.24) is 19.5 Å². The molecule has 0 spiro atoms. The number of rotatable bonds is 1. The van der Waals surface area contributed by atoms with E-state index >= 15 is 0 Å². The number of halogens is 3. The fourth-order valence-corrected chi connectivity index (χ4v) is 2.89. The third kappa shape index (κ3) is 3.44. The molecule has 1 aliphatic rings. The van der Waals surface area contributed by atoms with Crippen molar-refractivity contribution in [3.63, 3.8) is 0 Å². The van der Waals surface area contributed by atoms with Gasteiger partial charge in [-0.05, 0) is 37.3 Å².